The predicted molar refractivity (Wildman–Crippen MR) is 129 cm³/mol. The summed E-state index contributed by atoms with van der Waals surface area (Å²) in [6.45, 7) is 0.974. The maximum atomic E-state index is 3.54. The molecule has 0 saturated heterocycles. The number of benzene rings is 4. The zero-order chi connectivity index (χ0) is 20.4. The Morgan fingerprint density at radius 1 is 0.467 bits per heavy atom. The molecule has 2 heteroatoms. The molecular weight excluding hydrogens is 364 g/mol. The standard InChI is InChI=1S/C28H28N2/c1-3-8-24(9-4-1)22-25-15-17-26(18-16-25)29-21-7-10-23-13-19-28(20-14-23)30-27-11-5-2-6-12-27/h1-6,8-9,11-20,29-30H,7,10,21-22H2. The highest BCUT2D eigenvalue weighted by Crippen LogP contribution is 2.18. The summed E-state index contributed by atoms with van der Waals surface area (Å²) >= 11 is 0. The molecule has 150 valence electrons. The highest BCUT2D eigenvalue weighted by Gasteiger charge is 1.99. The lowest BCUT2D eigenvalue weighted by molar-refractivity contribution is 0.863. The van der Waals surface area contributed by atoms with E-state index in [1.54, 1.807) is 0 Å². The first-order chi connectivity index (χ1) is 14.8. The fourth-order valence-corrected chi connectivity index (χ4v) is 3.54. The third kappa shape index (κ3) is 5.99. The first-order valence-corrected chi connectivity index (χ1v) is 10.6. The lowest BCUT2D eigenvalue weighted by atomic mass is 10.0. The molecule has 0 bridgehead atoms. The highest BCUT2D eigenvalue weighted by molar-refractivity contribution is 5.59. The summed E-state index contributed by atoms with van der Waals surface area (Å²) in [5.74, 6) is 0. The van der Waals surface area contributed by atoms with Gasteiger partial charge in [0.2, 0.25) is 0 Å². The summed E-state index contributed by atoms with van der Waals surface area (Å²) in [6.07, 6.45) is 3.16. The van der Waals surface area contributed by atoms with E-state index in [4.69, 9.17) is 0 Å². The Kier molecular flexibility index (Phi) is 6.80. The molecular formula is C28H28N2. The first-order valence-electron chi connectivity index (χ1n) is 10.6. The number of nitrogens with one attached hydrogen (secondary N) is 2. The van der Waals surface area contributed by atoms with Crippen molar-refractivity contribution in [3.05, 3.63) is 126 Å². The van der Waals surface area contributed by atoms with Gasteiger partial charge in [-0.25, -0.2) is 0 Å². The Morgan fingerprint density at radius 2 is 1.00 bits per heavy atom. The van der Waals surface area contributed by atoms with E-state index in [0.717, 1.165) is 37.2 Å². The van der Waals surface area contributed by atoms with Crippen molar-refractivity contribution < 1.29 is 0 Å². The molecule has 0 aliphatic carbocycles. The van der Waals surface area contributed by atoms with Crippen LogP contribution in [0.5, 0.6) is 0 Å². The molecule has 0 unspecified atom stereocenters. The minimum Gasteiger partial charge on any atom is -0.385 e. The fourth-order valence-electron chi connectivity index (χ4n) is 3.54. The smallest absolute Gasteiger partial charge is 0.0384 e. The van der Waals surface area contributed by atoms with Crippen molar-refractivity contribution in [2.75, 3.05) is 17.2 Å². The Labute approximate surface area is 179 Å². The van der Waals surface area contributed by atoms with Gasteiger partial charge < -0.3 is 10.6 Å². The Hall–Kier alpha value is -3.52. The summed E-state index contributed by atoms with van der Waals surface area (Å²) in [5.41, 5.74) is 7.49. The van der Waals surface area contributed by atoms with Gasteiger partial charge in [-0.3, -0.25) is 0 Å². The van der Waals surface area contributed by atoms with E-state index < -0.39 is 0 Å². The number of aryl methyl sites for hydroxylation is 1. The third-order valence-corrected chi connectivity index (χ3v) is 5.19. The molecule has 2 N–H and O–H groups in total. The molecule has 0 fully saturated rings. The van der Waals surface area contributed by atoms with Crippen LogP contribution in [0, 0.1) is 0 Å². The quantitative estimate of drug-likeness (QED) is 0.298. The van der Waals surface area contributed by atoms with Crippen LogP contribution in [0.1, 0.15) is 23.1 Å². The van der Waals surface area contributed by atoms with Crippen LogP contribution in [0.25, 0.3) is 0 Å². The monoisotopic (exact) mass is 392 g/mol. The summed E-state index contributed by atoms with van der Waals surface area (Å²) in [6, 6.07) is 38.4. The van der Waals surface area contributed by atoms with Crippen LogP contribution in [-0.4, -0.2) is 6.54 Å². The molecule has 0 aliphatic rings. The van der Waals surface area contributed by atoms with E-state index in [1.165, 1.54) is 22.4 Å². The van der Waals surface area contributed by atoms with Crippen molar-refractivity contribution in [3.63, 3.8) is 0 Å². The largest absolute Gasteiger partial charge is 0.385 e. The van der Waals surface area contributed by atoms with Crippen LogP contribution in [0.4, 0.5) is 17.1 Å². The van der Waals surface area contributed by atoms with E-state index in [-0.39, 0.29) is 0 Å². The average molecular weight is 393 g/mol. The molecule has 4 aromatic carbocycles. The van der Waals surface area contributed by atoms with Gasteiger partial charge in [0.1, 0.15) is 0 Å². The van der Waals surface area contributed by atoms with Gasteiger partial charge in [0.05, 0.1) is 0 Å². The van der Waals surface area contributed by atoms with Crippen LogP contribution < -0.4 is 10.6 Å². The molecule has 0 saturated carbocycles. The van der Waals surface area contributed by atoms with Gasteiger partial charge in [0.25, 0.3) is 0 Å². The summed E-state index contributed by atoms with van der Waals surface area (Å²) in [7, 11) is 0. The zero-order valence-electron chi connectivity index (χ0n) is 17.2. The van der Waals surface area contributed by atoms with E-state index in [9.17, 15) is 0 Å². The van der Waals surface area contributed by atoms with E-state index >= 15 is 0 Å². The van der Waals surface area contributed by atoms with Crippen molar-refractivity contribution in [2.24, 2.45) is 0 Å². The molecule has 30 heavy (non-hydrogen) atoms. The first kappa shape index (κ1) is 19.8. The van der Waals surface area contributed by atoms with Crippen LogP contribution in [0.15, 0.2) is 109 Å². The van der Waals surface area contributed by atoms with Gasteiger partial charge in [0.15, 0.2) is 0 Å². The lowest BCUT2D eigenvalue weighted by Crippen LogP contribution is -2.03. The second kappa shape index (κ2) is 10.3. The normalized spacial score (nSPS) is 10.5. The van der Waals surface area contributed by atoms with Crippen LogP contribution in [0.3, 0.4) is 0 Å². The van der Waals surface area contributed by atoms with Gasteiger partial charge in [-0.15, -0.1) is 0 Å². The predicted octanol–water partition coefficient (Wildman–Crippen LogP) is 7.07. The number of hydrogen-bond donors (Lipinski definition) is 2. The molecule has 0 radical (unpaired) electrons. The molecule has 0 aliphatic heterocycles. The Bertz CT molecular complexity index is 921. The second-order valence-corrected chi connectivity index (χ2v) is 7.58. The van der Waals surface area contributed by atoms with Crippen molar-refractivity contribution >= 4 is 17.1 Å². The minimum atomic E-state index is 0.974. The summed E-state index contributed by atoms with van der Waals surface area (Å²) in [4.78, 5) is 0. The maximum absolute atomic E-state index is 3.54. The molecule has 2 nitrogen and oxygen atoms in total. The maximum Gasteiger partial charge on any atom is 0.0384 e. The topological polar surface area (TPSA) is 24.1 Å². The Morgan fingerprint density at radius 3 is 1.70 bits per heavy atom. The molecule has 4 rings (SSSR count). The van der Waals surface area contributed by atoms with Gasteiger partial charge in [0, 0.05) is 23.6 Å². The number of hydrogen-bond acceptors (Lipinski definition) is 2. The van der Waals surface area contributed by atoms with Crippen molar-refractivity contribution in [2.45, 2.75) is 19.3 Å². The molecule has 0 heterocycles. The number of para-hydroxylation sites is 1. The average Bonchev–Trinajstić information content (AvgIpc) is 2.80. The van der Waals surface area contributed by atoms with Crippen molar-refractivity contribution in [3.8, 4) is 0 Å². The molecule has 4 aromatic rings. The van der Waals surface area contributed by atoms with Crippen LogP contribution in [-0.2, 0) is 12.8 Å². The minimum absolute atomic E-state index is 0.974. The van der Waals surface area contributed by atoms with Crippen molar-refractivity contribution in [1.29, 1.82) is 0 Å². The zero-order valence-corrected chi connectivity index (χ0v) is 17.2. The molecule has 0 aromatic heterocycles. The van der Waals surface area contributed by atoms with E-state index in [1.807, 2.05) is 18.2 Å². The molecule has 0 amide bonds. The number of rotatable bonds is 9. The van der Waals surface area contributed by atoms with Gasteiger partial charge >= 0.3 is 0 Å². The van der Waals surface area contributed by atoms with Gasteiger partial charge in [-0.2, -0.15) is 0 Å². The van der Waals surface area contributed by atoms with Gasteiger partial charge in [-0.05, 0) is 72.4 Å². The molecule has 0 spiro atoms. The lowest BCUT2D eigenvalue weighted by Gasteiger charge is -2.09. The van der Waals surface area contributed by atoms with Crippen LogP contribution in [0.2, 0.25) is 0 Å². The van der Waals surface area contributed by atoms with E-state index in [2.05, 4.69) is 102 Å². The van der Waals surface area contributed by atoms with Gasteiger partial charge in [-0.1, -0.05) is 72.8 Å². The second-order valence-electron chi connectivity index (χ2n) is 7.58. The molecule has 0 atom stereocenters. The SMILES string of the molecule is c1ccc(Cc2ccc(NCCCc3ccc(Nc4ccccc4)cc3)cc2)cc1. The summed E-state index contributed by atoms with van der Waals surface area (Å²) in [5, 5.41) is 6.96. The van der Waals surface area contributed by atoms with Crippen LogP contribution >= 0.6 is 0 Å². The summed E-state index contributed by atoms with van der Waals surface area (Å²) < 4.78 is 0. The van der Waals surface area contributed by atoms with E-state index in [0.29, 0.717) is 0 Å². The fraction of sp³-hybridized carbons (Fsp3) is 0.143. The highest BCUT2D eigenvalue weighted by atomic mass is 14.9. The Balaban J connectivity index is 1.19. The number of anilines is 3. The van der Waals surface area contributed by atoms with Crippen molar-refractivity contribution in [1.82, 2.24) is 0 Å². The third-order valence-electron chi connectivity index (χ3n) is 5.19.